The van der Waals surface area contributed by atoms with Gasteiger partial charge in [-0.25, -0.2) is 4.99 Å². The lowest BCUT2D eigenvalue weighted by Gasteiger charge is -2.02. The van der Waals surface area contributed by atoms with Crippen LogP contribution < -0.4 is 0 Å². The molecule has 3 rings (SSSR count). The molecular formula is C15H11NO2S. The van der Waals surface area contributed by atoms with Gasteiger partial charge in [0.15, 0.2) is 5.78 Å². The van der Waals surface area contributed by atoms with Gasteiger partial charge >= 0.3 is 0 Å². The van der Waals surface area contributed by atoms with Crippen molar-refractivity contribution in [2.45, 2.75) is 4.90 Å². The third kappa shape index (κ3) is 2.11. The van der Waals surface area contributed by atoms with Crippen LogP contribution in [0.2, 0.25) is 0 Å². The van der Waals surface area contributed by atoms with Crippen molar-refractivity contribution in [2.24, 2.45) is 4.99 Å². The molecule has 2 aromatic rings. The minimum absolute atomic E-state index is 0.242. The molecule has 2 aromatic carbocycles. The molecule has 1 aliphatic heterocycles. The standard InChI is InChI=1S/C15H11NO2S/c17-14(12-6-2-1-3-7-12)10-19(18)11-16-13-8-4-5-9-15(13)19/h1-11H. The number of aliphatic imine (C=N–C) groups is 1. The van der Waals surface area contributed by atoms with Gasteiger partial charge < -0.3 is 0 Å². The van der Waals surface area contributed by atoms with E-state index in [1.807, 2.05) is 12.1 Å². The first-order chi connectivity index (χ1) is 9.19. The Morgan fingerprint density at radius 3 is 2.47 bits per heavy atom. The quantitative estimate of drug-likeness (QED) is 0.621. The summed E-state index contributed by atoms with van der Waals surface area (Å²) >= 11 is 0. The molecule has 94 valence electrons. The molecule has 0 aliphatic carbocycles. The number of hydrogen-bond donors (Lipinski definition) is 0. The second-order valence-electron chi connectivity index (χ2n) is 4.20. The third-order valence-electron chi connectivity index (χ3n) is 2.90. The zero-order valence-corrected chi connectivity index (χ0v) is 10.8. The Hall–Kier alpha value is -2.20. The van der Waals surface area contributed by atoms with Gasteiger partial charge in [-0.15, -0.1) is 0 Å². The van der Waals surface area contributed by atoms with E-state index in [0.29, 0.717) is 16.1 Å². The van der Waals surface area contributed by atoms with Crippen molar-refractivity contribution < 1.29 is 9.00 Å². The van der Waals surface area contributed by atoms with Crippen molar-refractivity contribution in [3.8, 4) is 0 Å². The van der Waals surface area contributed by atoms with E-state index in [1.165, 1.54) is 10.9 Å². The van der Waals surface area contributed by atoms with Crippen molar-refractivity contribution in [3.63, 3.8) is 0 Å². The fraction of sp³-hybridized carbons (Fsp3) is 0. The summed E-state index contributed by atoms with van der Waals surface area (Å²) in [5.41, 5.74) is 2.58. The van der Waals surface area contributed by atoms with Gasteiger partial charge in [-0.3, -0.25) is 9.00 Å². The number of ketones is 1. The summed E-state index contributed by atoms with van der Waals surface area (Å²) in [4.78, 5) is 16.8. The summed E-state index contributed by atoms with van der Waals surface area (Å²) in [6.07, 6.45) is 0. The predicted molar refractivity (Wildman–Crippen MR) is 77.8 cm³/mol. The number of nitrogens with zero attached hydrogens (tertiary/aromatic N) is 1. The maximum absolute atomic E-state index is 12.8. The van der Waals surface area contributed by atoms with Crippen molar-refractivity contribution in [1.82, 2.24) is 0 Å². The summed E-state index contributed by atoms with van der Waals surface area (Å²) < 4.78 is 12.8. The van der Waals surface area contributed by atoms with E-state index in [2.05, 4.69) is 4.99 Å². The number of para-hydroxylation sites is 1. The highest BCUT2D eigenvalue weighted by molar-refractivity contribution is 8.14. The molecular weight excluding hydrogens is 258 g/mol. The van der Waals surface area contributed by atoms with Gasteiger partial charge in [-0.2, -0.15) is 0 Å². The molecule has 1 atom stereocenters. The highest BCUT2D eigenvalue weighted by atomic mass is 32.2. The Kier molecular flexibility index (Phi) is 2.80. The van der Waals surface area contributed by atoms with E-state index < -0.39 is 9.52 Å². The highest BCUT2D eigenvalue weighted by Gasteiger charge is 2.20. The summed E-state index contributed by atoms with van der Waals surface area (Å²) in [7, 11) is -2.63. The minimum atomic E-state index is -2.63. The molecule has 1 unspecified atom stereocenters. The molecule has 0 aromatic heterocycles. The average Bonchev–Trinajstić information content (AvgIpc) is 2.78. The smallest absolute Gasteiger partial charge is 0.194 e. The predicted octanol–water partition coefficient (Wildman–Crippen LogP) is 2.69. The molecule has 0 saturated heterocycles. The summed E-state index contributed by atoms with van der Waals surface area (Å²) in [6.45, 7) is 0. The van der Waals surface area contributed by atoms with Gasteiger partial charge in [0, 0.05) is 20.5 Å². The third-order valence-corrected chi connectivity index (χ3v) is 4.91. The lowest BCUT2D eigenvalue weighted by molar-refractivity contribution is 0.107. The SMILES string of the molecule is O=C(C=S1(=O)C=Nc2ccccc21)c1ccccc1. The zero-order chi connectivity index (χ0) is 13.3. The topological polar surface area (TPSA) is 46.5 Å². The molecule has 0 fully saturated rings. The molecule has 0 spiro atoms. The summed E-state index contributed by atoms with van der Waals surface area (Å²) in [5.74, 6) is -0.242. The lowest BCUT2D eigenvalue weighted by Crippen LogP contribution is -2.11. The monoisotopic (exact) mass is 269 g/mol. The molecule has 0 saturated carbocycles. The molecule has 4 heteroatoms. The second kappa shape index (κ2) is 4.48. The van der Waals surface area contributed by atoms with Crippen LogP contribution >= 0.6 is 0 Å². The van der Waals surface area contributed by atoms with E-state index in [4.69, 9.17) is 0 Å². The number of carbonyl (C=O) groups is 1. The Morgan fingerprint density at radius 2 is 1.68 bits per heavy atom. The molecule has 0 radical (unpaired) electrons. The van der Waals surface area contributed by atoms with Gasteiger partial charge in [0.05, 0.1) is 16.1 Å². The van der Waals surface area contributed by atoms with Crippen molar-refractivity contribution in [2.75, 3.05) is 0 Å². The molecule has 1 aliphatic rings. The number of Topliss-reactive ketones (excluding diaryl/α,β-unsaturated/α-hetero) is 1. The van der Waals surface area contributed by atoms with Crippen LogP contribution in [0.1, 0.15) is 10.4 Å². The van der Waals surface area contributed by atoms with Crippen LogP contribution in [-0.4, -0.2) is 20.9 Å². The molecule has 19 heavy (non-hydrogen) atoms. The van der Waals surface area contributed by atoms with Crippen LogP contribution in [-0.2, 0) is 9.52 Å². The number of carbonyl (C=O) groups excluding carboxylic acids is 1. The minimum Gasteiger partial charge on any atom is -0.289 e. The molecule has 0 amide bonds. The van der Waals surface area contributed by atoms with Gasteiger partial charge in [-0.05, 0) is 12.1 Å². The summed E-state index contributed by atoms with van der Waals surface area (Å²) in [5, 5.41) is 1.28. The first-order valence-electron chi connectivity index (χ1n) is 5.80. The van der Waals surface area contributed by atoms with Gasteiger partial charge in [0.2, 0.25) is 0 Å². The van der Waals surface area contributed by atoms with E-state index in [0.717, 1.165) is 0 Å². The van der Waals surface area contributed by atoms with Gasteiger partial charge in [-0.1, -0.05) is 42.5 Å². The number of rotatable bonds is 2. The first kappa shape index (κ1) is 11.9. The maximum atomic E-state index is 12.8. The van der Waals surface area contributed by atoms with Crippen LogP contribution in [0.25, 0.3) is 0 Å². The zero-order valence-electron chi connectivity index (χ0n) is 10.0. The number of hydrogen-bond acceptors (Lipinski definition) is 3. The Labute approximate surface area is 111 Å². The molecule has 3 nitrogen and oxygen atoms in total. The average molecular weight is 269 g/mol. The molecule has 1 heterocycles. The van der Waals surface area contributed by atoms with E-state index in [-0.39, 0.29) is 5.78 Å². The Bertz CT molecular complexity index is 785. The lowest BCUT2D eigenvalue weighted by atomic mass is 10.2. The maximum Gasteiger partial charge on any atom is 0.194 e. The molecule has 0 N–H and O–H groups in total. The fourth-order valence-corrected chi connectivity index (χ4v) is 3.71. The molecule has 0 bridgehead atoms. The second-order valence-corrected chi connectivity index (χ2v) is 6.38. The van der Waals surface area contributed by atoms with Crippen LogP contribution in [0.3, 0.4) is 0 Å². The Balaban J connectivity index is 2.09. The van der Waals surface area contributed by atoms with E-state index >= 15 is 0 Å². The summed E-state index contributed by atoms with van der Waals surface area (Å²) in [6, 6.07) is 16.0. The van der Waals surface area contributed by atoms with Crippen LogP contribution in [0, 0.1) is 0 Å². The van der Waals surface area contributed by atoms with E-state index in [1.54, 1.807) is 42.5 Å². The van der Waals surface area contributed by atoms with Gasteiger partial charge in [0.1, 0.15) is 0 Å². The van der Waals surface area contributed by atoms with Crippen molar-refractivity contribution in [3.05, 3.63) is 60.2 Å². The van der Waals surface area contributed by atoms with E-state index in [9.17, 15) is 9.00 Å². The van der Waals surface area contributed by atoms with Crippen LogP contribution in [0.4, 0.5) is 5.69 Å². The van der Waals surface area contributed by atoms with Crippen LogP contribution in [0.5, 0.6) is 0 Å². The van der Waals surface area contributed by atoms with Crippen molar-refractivity contribution in [1.29, 1.82) is 0 Å². The number of benzene rings is 2. The largest absolute Gasteiger partial charge is 0.289 e. The first-order valence-corrected chi connectivity index (χ1v) is 7.49. The number of fused-ring (bicyclic) bond motifs is 1. The fourth-order valence-electron chi connectivity index (χ4n) is 1.95. The highest BCUT2D eigenvalue weighted by Crippen LogP contribution is 2.29. The Morgan fingerprint density at radius 1 is 1.00 bits per heavy atom. The normalized spacial score (nSPS) is 20.0. The van der Waals surface area contributed by atoms with Crippen molar-refractivity contribution >= 4 is 31.9 Å². The van der Waals surface area contributed by atoms with Gasteiger partial charge in [0.25, 0.3) is 0 Å². The van der Waals surface area contributed by atoms with Crippen LogP contribution in [0.15, 0.2) is 64.5 Å².